The van der Waals surface area contributed by atoms with Crippen molar-refractivity contribution in [1.82, 2.24) is 5.32 Å². The van der Waals surface area contributed by atoms with Gasteiger partial charge in [0.1, 0.15) is 0 Å². The molecule has 1 aromatic heterocycles. The second kappa shape index (κ2) is 7.72. The van der Waals surface area contributed by atoms with Crippen molar-refractivity contribution in [2.45, 2.75) is 27.7 Å². The second-order valence-electron chi connectivity index (χ2n) is 4.91. The Morgan fingerprint density at radius 1 is 1.44 bits per heavy atom. The van der Waals surface area contributed by atoms with Crippen LogP contribution in [0.2, 0.25) is 0 Å². The van der Waals surface area contributed by atoms with Crippen LogP contribution in [-0.2, 0) is 4.74 Å². The third-order valence-electron chi connectivity index (χ3n) is 2.97. The van der Waals surface area contributed by atoms with Crippen LogP contribution in [0, 0.1) is 19.8 Å². The lowest BCUT2D eigenvalue weighted by atomic mass is 10.0. The van der Waals surface area contributed by atoms with Crippen molar-refractivity contribution in [2.75, 3.05) is 26.8 Å². The molecule has 0 aliphatic rings. The Hall–Kier alpha value is -0.640. The Morgan fingerprint density at radius 3 is 2.67 bits per heavy atom. The molecule has 0 radical (unpaired) electrons. The molecule has 0 fully saturated rings. The zero-order valence-corrected chi connectivity index (χ0v) is 13.0. The van der Waals surface area contributed by atoms with Crippen LogP contribution in [0.4, 0.5) is 0 Å². The van der Waals surface area contributed by atoms with Crippen molar-refractivity contribution in [1.29, 1.82) is 0 Å². The summed E-state index contributed by atoms with van der Waals surface area (Å²) in [5.74, 6) is 0.569. The van der Waals surface area contributed by atoms with Crippen molar-refractivity contribution in [2.24, 2.45) is 5.92 Å². The molecule has 0 saturated carbocycles. The standard InChI is InChI=1S/C15H25NOS/c1-11(2)15(10-16-6-7-17-5)9-14-8-12(3)18-13(14)4/h8-9,11,16H,6-7,10H2,1-5H3. The topological polar surface area (TPSA) is 21.3 Å². The zero-order chi connectivity index (χ0) is 13.5. The SMILES string of the molecule is COCCNCC(=Cc1cc(C)sc1C)C(C)C. The lowest BCUT2D eigenvalue weighted by molar-refractivity contribution is 0.200. The summed E-state index contributed by atoms with van der Waals surface area (Å²) in [7, 11) is 1.73. The number of methoxy groups -OCH3 is 1. The molecule has 1 aromatic rings. The van der Waals surface area contributed by atoms with E-state index in [0.717, 1.165) is 19.7 Å². The van der Waals surface area contributed by atoms with Gasteiger partial charge in [-0.2, -0.15) is 0 Å². The van der Waals surface area contributed by atoms with E-state index in [1.807, 2.05) is 11.3 Å². The highest BCUT2D eigenvalue weighted by Crippen LogP contribution is 2.24. The average Bonchev–Trinajstić information content (AvgIpc) is 2.61. The molecule has 0 aromatic carbocycles. The van der Waals surface area contributed by atoms with Gasteiger partial charge >= 0.3 is 0 Å². The van der Waals surface area contributed by atoms with Gasteiger partial charge in [0, 0.05) is 30.0 Å². The Bertz CT molecular complexity index is 393. The van der Waals surface area contributed by atoms with Crippen LogP contribution in [0.1, 0.15) is 29.2 Å². The summed E-state index contributed by atoms with van der Waals surface area (Å²) in [4.78, 5) is 2.79. The molecule has 0 atom stereocenters. The van der Waals surface area contributed by atoms with E-state index in [0.29, 0.717) is 5.92 Å². The normalized spacial score (nSPS) is 12.4. The minimum Gasteiger partial charge on any atom is -0.383 e. The predicted molar refractivity (Wildman–Crippen MR) is 81.4 cm³/mol. The number of hydrogen-bond acceptors (Lipinski definition) is 3. The third kappa shape index (κ3) is 4.92. The first kappa shape index (κ1) is 15.4. The van der Waals surface area contributed by atoms with Crippen LogP contribution < -0.4 is 5.32 Å². The lowest BCUT2D eigenvalue weighted by Gasteiger charge is -2.12. The molecule has 1 rings (SSSR count). The number of nitrogens with one attached hydrogen (secondary N) is 1. The molecule has 0 spiro atoms. The first-order chi connectivity index (χ1) is 8.54. The summed E-state index contributed by atoms with van der Waals surface area (Å²) >= 11 is 1.87. The number of hydrogen-bond donors (Lipinski definition) is 1. The number of rotatable bonds is 7. The highest BCUT2D eigenvalue weighted by Gasteiger charge is 2.06. The molecule has 1 N–H and O–H groups in total. The lowest BCUT2D eigenvalue weighted by Crippen LogP contribution is -2.23. The summed E-state index contributed by atoms with van der Waals surface area (Å²) in [5, 5.41) is 3.42. The molecular formula is C15H25NOS. The molecule has 2 nitrogen and oxygen atoms in total. The van der Waals surface area contributed by atoms with Crippen LogP contribution in [0.15, 0.2) is 11.6 Å². The molecule has 0 saturated heterocycles. The molecule has 3 heteroatoms. The molecule has 18 heavy (non-hydrogen) atoms. The molecule has 0 aliphatic heterocycles. The Labute approximate surface area is 115 Å². The van der Waals surface area contributed by atoms with Crippen molar-refractivity contribution in [3.8, 4) is 0 Å². The van der Waals surface area contributed by atoms with E-state index in [1.165, 1.54) is 20.9 Å². The van der Waals surface area contributed by atoms with Crippen LogP contribution in [0.25, 0.3) is 6.08 Å². The van der Waals surface area contributed by atoms with Gasteiger partial charge in [-0.25, -0.2) is 0 Å². The molecule has 102 valence electrons. The summed E-state index contributed by atoms with van der Waals surface area (Å²) < 4.78 is 5.04. The van der Waals surface area contributed by atoms with E-state index in [-0.39, 0.29) is 0 Å². The predicted octanol–water partition coefficient (Wildman–Crippen LogP) is 3.64. The molecule has 1 heterocycles. The summed E-state index contributed by atoms with van der Waals surface area (Å²) in [5.41, 5.74) is 2.82. The molecule has 0 bridgehead atoms. The fraction of sp³-hybridized carbons (Fsp3) is 0.600. The highest BCUT2D eigenvalue weighted by atomic mass is 32.1. The summed E-state index contributed by atoms with van der Waals surface area (Å²) in [6.07, 6.45) is 2.34. The maximum Gasteiger partial charge on any atom is 0.0587 e. The van der Waals surface area contributed by atoms with Gasteiger partial charge in [0.25, 0.3) is 0 Å². The highest BCUT2D eigenvalue weighted by molar-refractivity contribution is 7.12. The van der Waals surface area contributed by atoms with Gasteiger partial charge < -0.3 is 10.1 Å². The van der Waals surface area contributed by atoms with Gasteiger partial charge in [-0.3, -0.25) is 0 Å². The first-order valence-electron chi connectivity index (χ1n) is 6.51. The van der Waals surface area contributed by atoms with E-state index < -0.39 is 0 Å². The zero-order valence-electron chi connectivity index (χ0n) is 12.2. The van der Waals surface area contributed by atoms with Crippen LogP contribution in [0.5, 0.6) is 0 Å². The van der Waals surface area contributed by atoms with Crippen LogP contribution in [-0.4, -0.2) is 26.8 Å². The van der Waals surface area contributed by atoms with E-state index in [1.54, 1.807) is 7.11 Å². The average molecular weight is 267 g/mol. The van der Waals surface area contributed by atoms with Gasteiger partial charge in [0.05, 0.1) is 6.61 Å². The maximum atomic E-state index is 5.04. The minimum atomic E-state index is 0.569. The fourth-order valence-electron chi connectivity index (χ4n) is 1.82. The van der Waals surface area contributed by atoms with E-state index in [2.05, 4.69) is 45.2 Å². The quantitative estimate of drug-likeness (QED) is 0.762. The van der Waals surface area contributed by atoms with Crippen molar-refractivity contribution < 1.29 is 4.74 Å². The van der Waals surface area contributed by atoms with E-state index in [9.17, 15) is 0 Å². The van der Waals surface area contributed by atoms with Crippen molar-refractivity contribution in [3.63, 3.8) is 0 Å². The first-order valence-corrected chi connectivity index (χ1v) is 7.33. The second-order valence-corrected chi connectivity index (χ2v) is 6.37. The van der Waals surface area contributed by atoms with Gasteiger partial charge in [0.2, 0.25) is 0 Å². The summed E-state index contributed by atoms with van der Waals surface area (Å²) in [6.45, 7) is 11.5. The Kier molecular flexibility index (Phi) is 6.61. The van der Waals surface area contributed by atoms with Crippen molar-refractivity contribution >= 4 is 17.4 Å². The van der Waals surface area contributed by atoms with Gasteiger partial charge in [-0.1, -0.05) is 25.5 Å². The van der Waals surface area contributed by atoms with Gasteiger partial charge in [0.15, 0.2) is 0 Å². The maximum absolute atomic E-state index is 5.04. The largest absolute Gasteiger partial charge is 0.383 e. The monoisotopic (exact) mass is 267 g/mol. The Balaban J connectivity index is 2.69. The fourth-order valence-corrected chi connectivity index (χ4v) is 2.73. The minimum absolute atomic E-state index is 0.569. The smallest absolute Gasteiger partial charge is 0.0587 e. The van der Waals surface area contributed by atoms with Crippen molar-refractivity contribution in [3.05, 3.63) is 27.0 Å². The number of thiophene rings is 1. The summed E-state index contributed by atoms with van der Waals surface area (Å²) in [6, 6.07) is 2.28. The molecular weight excluding hydrogens is 242 g/mol. The van der Waals surface area contributed by atoms with Gasteiger partial charge in [-0.15, -0.1) is 11.3 Å². The Morgan fingerprint density at radius 2 is 2.17 bits per heavy atom. The van der Waals surface area contributed by atoms with Gasteiger partial charge in [-0.05, 0) is 31.4 Å². The van der Waals surface area contributed by atoms with Crippen LogP contribution >= 0.6 is 11.3 Å². The molecule has 0 unspecified atom stereocenters. The number of aryl methyl sites for hydroxylation is 2. The van der Waals surface area contributed by atoms with E-state index in [4.69, 9.17) is 4.74 Å². The number of ether oxygens (including phenoxy) is 1. The molecule has 0 amide bonds. The molecule has 0 aliphatic carbocycles. The third-order valence-corrected chi connectivity index (χ3v) is 3.96. The van der Waals surface area contributed by atoms with E-state index >= 15 is 0 Å². The van der Waals surface area contributed by atoms with Crippen LogP contribution in [0.3, 0.4) is 0 Å².